The molecule has 3 aliphatic rings. The maximum atomic E-state index is 2.22. The fourth-order valence-corrected chi connectivity index (χ4v) is 6.24. The predicted molar refractivity (Wildman–Crippen MR) is 170 cm³/mol. The second-order valence-corrected chi connectivity index (χ2v) is 10.5. The molecular weight excluding hydrogens is 493 g/mol. The van der Waals surface area contributed by atoms with Crippen molar-refractivity contribution in [3.05, 3.63) is 179 Å². The Kier molecular flexibility index (Phi) is 7.68. The molecule has 0 bridgehead atoms. The van der Waals surface area contributed by atoms with Crippen LogP contribution in [0.15, 0.2) is 146 Å². The first-order valence-corrected chi connectivity index (χ1v) is 13.8. The second kappa shape index (κ2) is 11.7. The Balaban J connectivity index is 0.000000107. The van der Waals surface area contributed by atoms with Crippen LogP contribution in [0.4, 0.5) is 0 Å². The van der Waals surface area contributed by atoms with E-state index in [2.05, 4.69) is 146 Å². The summed E-state index contributed by atoms with van der Waals surface area (Å²) in [6, 6.07) is 51.9. The lowest BCUT2D eigenvalue weighted by Gasteiger charge is -1.98. The minimum Gasteiger partial charge on any atom is -0.0619 e. The van der Waals surface area contributed by atoms with Gasteiger partial charge in [0.15, 0.2) is 0 Å². The first kappa shape index (κ1) is 26.3. The molecule has 0 saturated carbocycles. The molecule has 6 aromatic carbocycles. The summed E-state index contributed by atoms with van der Waals surface area (Å²) in [6.45, 7) is 0. The van der Waals surface area contributed by atoms with Crippen molar-refractivity contribution < 1.29 is 0 Å². The van der Waals surface area contributed by atoms with Crippen molar-refractivity contribution in [2.45, 2.75) is 19.3 Å². The number of hydrogen-bond donors (Lipinski definition) is 0. The van der Waals surface area contributed by atoms with Gasteiger partial charge in [0.05, 0.1) is 0 Å². The molecular formula is C39H30Mg. The SMILES string of the molecule is [Mg].c1ccc2c(c1)Cc1ccccc1-2.c1ccc2c(c1)Cc1ccccc1-2.c1ccc2c(c1)Cc1ccccc1-2. The van der Waals surface area contributed by atoms with Crippen LogP contribution in [0.3, 0.4) is 0 Å². The molecule has 0 heterocycles. The van der Waals surface area contributed by atoms with Crippen LogP contribution < -0.4 is 0 Å². The Morgan fingerprint density at radius 1 is 0.225 bits per heavy atom. The second-order valence-electron chi connectivity index (χ2n) is 10.5. The summed E-state index contributed by atoms with van der Waals surface area (Å²) in [5.41, 5.74) is 17.3. The Morgan fingerprint density at radius 3 is 0.550 bits per heavy atom. The highest BCUT2D eigenvalue weighted by Gasteiger charge is 2.17. The van der Waals surface area contributed by atoms with Crippen LogP contribution in [0.25, 0.3) is 33.4 Å². The van der Waals surface area contributed by atoms with Crippen molar-refractivity contribution in [2.24, 2.45) is 0 Å². The van der Waals surface area contributed by atoms with Gasteiger partial charge in [0.1, 0.15) is 0 Å². The molecule has 0 N–H and O–H groups in total. The van der Waals surface area contributed by atoms with Gasteiger partial charge in [-0.2, -0.15) is 0 Å². The van der Waals surface area contributed by atoms with E-state index in [1.54, 1.807) is 0 Å². The van der Waals surface area contributed by atoms with E-state index in [9.17, 15) is 0 Å². The largest absolute Gasteiger partial charge is 0.0619 e. The fraction of sp³-hybridized carbons (Fsp3) is 0.0769. The Hall–Kier alpha value is -3.91. The van der Waals surface area contributed by atoms with Crippen LogP contribution in [0, 0.1) is 0 Å². The van der Waals surface area contributed by atoms with Crippen molar-refractivity contribution in [1.82, 2.24) is 0 Å². The molecule has 0 spiro atoms. The Bertz CT molecular complexity index is 1450. The highest BCUT2D eigenvalue weighted by Crippen LogP contribution is 2.37. The number of fused-ring (bicyclic) bond motifs is 9. The van der Waals surface area contributed by atoms with E-state index in [-0.39, 0.29) is 23.1 Å². The lowest BCUT2D eigenvalue weighted by Crippen LogP contribution is -1.77. The minimum atomic E-state index is 0. The predicted octanol–water partition coefficient (Wildman–Crippen LogP) is 9.39. The summed E-state index contributed by atoms with van der Waals surface area (Å²) < 4.78 is 0. The summed E-state index contributed by atoms with van der Waals surface area (Å²) in [6.07, 6.45) is 3.31. The smallest absolute Gasteiger partial charge is 0 e. The molecule has 0 atom stereocenters. The molecule has 0 aliphatic heterocycles. The first-order chi connectivity index (χ1) is 19.3. The molecule has 2 radical (unpaired) electrons. The van der Waals surface area contributed by atoms with Crippen LogP contribution in [0.1, 0.15) is 33.4 Å². The number of hydrogen-bond acceptors (Lipinski definition) is 0. The Morgan fingerprint density at radius 2 is 0.375 bits per heavy atom. The highest BCUT2D eigenvalue weighted by molar-refractivity contribution is 5.78. The fourth-order valence-electron chi connectivity index (χ4n) is 6.24. The van der Waals surface area contributed by atoms with Gasteiger partial charge in [-0.1, -0.05) is 146 Å². The maximum Gasteiger partial charge on any atom is 0 e. The van der Waals surface area contributed by atoms with Gasteiger partial charge in [-0.3, -0.25) is 0 Å². The topological polar surface area (TPSA) is 0 Å². The molecule has 0 amide bonds. The average Bonchev–Trinajstić information content (AvgIpc) is 3.69. The van der Waals surface area contributed by atoms with Crippen molar-refractivity contribution >= 4 is 23.1 Å². The zero-order valence-electron chi connectivity index (χ0n) is 22.7. The summed E-state index contributed by atoms with van der Waals surface area (Å²) in [5.74, 6) is 0. The van der Waals surface area contributed by atoms with Gasteiger partial charge in [-0.15, -0.1) is 0 Å². The van der Waals surface area contributed by atoms with Crippen molar-refractivity contribution in [1.29, 1.82) is 0 Å². The van der Waals surface area contributed by atoms with E-state index in [1.165, 1.54) is 66.8 Å². The van der Waals surface area contributed by atoms with Gasteiger partial charge in [0.25, 0.3) is 0 Å². The zero-order chi connectivity index (χ0) is 26.0. The normalized spacial score (nSPS) is 12.0. The van der Waals surface area contributed by atoms with Crippen molar-refractivity contribution in [3.8, 4) is 33.4 Å². The molecule has 0 fully saturated rings. The van der Waals surface area contributed by atoms with Crippen LogP contribution in [0.5, 0.6) is 0 Å². The first-order valence-electron chi connectivity index (χ1n) is 13.8. The van der Waals surface area contributed by atoms with E-state index >= 15 is 0 Å². The van der Waals surface area contributed by atoms with Crippen LogP contribution in [-0.4, -0.2) is 23.1 Å². The lowest BCUT2D eigenvalue weighted by molar-refractivity contribution is 1.26. The molecule has 0 unspecified atom stereocenters. The number of benzene rings is 6. The summed E-state index contributed by atoms with van der Waals surface area (Å²) in [5, 5.41) is 0. The lowest BCUT2D eigenvalue weighted by atomic mass is 10.1. The van der Waals surface area contributed by atoms with Crippen molar-refractivity contribution in [2.75, 3.05) is 0 Å². The van der Waals surface area contributed by atoms with Crippen LogP contribution in [0.2, 0.25) is 0 Å². The zero-order valence-corrected chi connectivity index (χ0v) is 24.1. The third-order valence-corrected chi connectivity index (χ3v) is 8.12. The average molecular weight is 523 g/mol. The number of rotatable bonds is 0. The molecule has 40 heavy (non-hydrogen) atoms. The maximum absolute atomic E-state index is 2.22. The minimum absolute atomic E-state index is 0. The third-order valence-electron chi connectivity index (χ3n) is 8.12. The summed E-state index contributed by atoms with van der Waals surface area (Å²) in [7, 11) is 0. The quantitative estimate of drug-likeness (QED) is 0.174. The third kappa shape index (κ3) is 5.04. The van der Waals surface area contributed by atoms with Crippen LogP contribution in [-0.2, 0) is 19.3 Å². The molecule has 3 aliphatic carbocycles. The monoisotopic (exact) mass is 522 g/mol. The van der Waals surface area contributed by atoms with Gasteiger partial charge >= 0.3 is 0 Å². The van der Waals surface area contributed by atoms with E-state index in [4.69, 9.17) is 0 Å². The van der Waals surface area contributed by atoms with E-state index in [0.717, 1.165) is 19.3 Å². The molecule has 6 aromatic rings. The van der Waals surface area contributed by atoms with E-state index in [1.807, 2.05) is 0 Å². The molecule has 188 valence electrons. The van der Waals surface area contributed by atoms with Crippen molar-refractivity contribution in [3.63, 3.8) is 0 Å². The van der Waals surface area contributed by atoms with Crippen LogP contribution >= 0.6 is 0 Å². The van der Waals surface area contributed by atoms with Gasteiger partial charge in [-0.25, -0.2) is 0 Å². The molecule has 0 saturated heterocycles. The molecule has 0 aromatic heterocycles. The summed E-state index contributed by atoms with van der Waals surface area (Å²) >= 11 is 0. The summed E-state index contributed by atoms with van der Waals surface area (Å²) in [4.78, 5) is 0. The van der Waals surface area contributed by atoms with Gasteiger partial charge in [0.2, 0.25) is 0 Å². The van der Waals surface area contributed by atoms with Gasteiger partial charge in [0, 0.05) is 23.1 Å². The highest BCUT2D eigenvalue weighted by atomic mass is 24.3. The molecule has 0 nitrogen and oxygen atoms in total. The van der Waals surface area contributed by atoms with Gasteiger partial charge < -0.3 is 0 Å². The molecule has 1 heteroatoms. The van der Waals surface area contributed by atoms with E-state index in [0.29, 0.717) is 0 Å². The Labute approximate surface area is 253 Å². The molecule has 9 rings (SSSR count). The standard InChI is InChI=1S/3C13H10.Mg/c3*1-3-7-12-10(5-1)9-11-6-2-4-8-13(11)12;/h3*1-8H,9H2;. The van der Waals surface area contributed by atoms with E-state index < -0.39 is 0 Å². The van der Waals surface area contributed by atoms with Gasteiger partial charge in [-0.05, 0) is 86.0 Å².